The first-order valence-corrected chi connectivity index (χ1v) is 11.3. The lowest BCUT2D eigenvalue weighted by Crippen LogP contribution is -1.98. The Morgan fingerprint density at radius 1 is 0.235 bits per heavy atom. The number of benzene rings is 5. The molecule has 0 spiro atoms. The van der Waals surface area contributed by atoms with Crippen LogP contribution >= 0.6 is 0 Å². The largest absolute Gasteiger partial charge is 0.356 e. The third-order valence-corrected chi connectivity index (χ3v) is 5.38. The first-order chi connectivity index (χ1) is 16.8. The molecule has 0 atom stereocenters. The summed E-state index contributed by atoms with van der Waals surface area (Å²) in [5.74, 6) is 0. The van der Waals surface area contributed by atoms with Crippen molar-refractivity contribution in [1.29, 1.82) is 0 Å². The van der Waals surface area contributed by atoms with Crippen LogP contribution < -0.4 is 21.3 Å². The summed E-state index contributed by atoms with van der Waals surface area (Å²) in [5.41, 5.74) is 8.31. The molecule has 0 bridgehead atoms. The van der Waals surface area contributed by atoms with Gasteiger partial charge in [0.2, 0.25) is 0 Å². The number of rotatable bonds is 8. The predicted octanol–water partition coefficient (Wildman–Crippen LogP) is 8.66. The van der Waals surface area contributed by atoms with Crippen LogP contribution in [-0.4, -0.2) is 0 Å². The van der Waals surface area contributed by atoms with Crippen LogP contribution in [0.2, 0.25) is 0 Å². The molecule has 0 aliphatic rings. The van der Waals surface area contributed by atoms with Crippen molar-refractivity contribution in [1.82, 2.24) is 0 Å². The van der Waals surface area contributed by atoms with Gasteiger partial charge in [-0.15, -0.1) is 0 Å². The molecule has 0 saturated carbocycles. The molecule has 4 heteroatoms. The van der Waals surface area contributed by atoms with E-state index in [1.165, 1.54) is 0 Å². The summed E-state index contributed by atoms with van der Waals surface area (Å²) in [7, 11) is 0. The van der Waals surface area contributed by atoms with Gasteiger partial charge >= 0.3 is 0 Å². The van der Waals surface area contributed by atoms with E-state index in [1.807, 2.05) is 48.5 Å². The number of hydrogen-bond donors (Lipinski definition) is 4. The van der Waals surface area contributed by atoms with Gasteiger partial charge in [0.15, 0.2) is 0 Å². The minimum Gasteiger partial charge on any atom is -0.356 e. The maximum atomic E-state index is 3.53. The van der Waals surface area contributed by atoms with Crippen LogP contribution in [0.15, 0.2) is 133 Å². The predicted molar refractivity (Wildman–Crippen MR) is 145 cm³/mol. The molecule has 0 saturated heterocycles. The Kier molecular flexibility index (Phi) is 6.40. The Labute approximate surface area is 200 Å². The van der Waals surface area contributed by atoms with Crippen molar-refractivity contribution in [3.8, 4) is 0 Å². The van der Waals surface area contributed by atoms with Crippen LogP contribution in [0.1, 0.15) is 0 Å². The minimum absolute atomic E-state index is 1.01. The Morgan fingerprint density at radius 3 is 0.853 bits per heavy atom. The quantitative estimate of drug-likeness (QED) is 0.194. The van der Waals surface area contributed by atoms with E-state index in [-0.39, 0.29) is 0 Å². The zero-order chi connectivity index (χ0) is 23.0. The molecule has 0 unspecified atom stereocenters. The van der Waals surface area contributed by atoms with E-state index in [0.717, 1.165) is 45.5 Å². The first-order valence-electron chi connectivity index (χ1n) is 11.3. The molecule has 166 valence electrons. The molecule has 4 nitrogen and oxygen atoms in total. The zero-order valence-electron chi connectivity index (χ0n) is 18.7. The van der Waals surface area contributed by atoms with Crippen molar-refractivity contribution in [2.24, 2.45) is 0 Å². The molecule has 34 heavy (non-hydrogen) atoms. The molecule has 0 heterocycles. The monoisotopic (exact) mass is 442 g/mol. The second-order valence-electron chi connectivity index (χ2n) is 7.93. The van der Waals surface area contributed by atoms with Crippen LogP contribution in [0.5, 0.6) is 0 Å². The lowest BCUT2D eigenvalue weighted by Gasteiger charge is -2.15. The van der Waals surface area contributed by atoms with Gasteiger partial charge in [-0.25, -0.2) is 0 Å². The minimum atomic E-state index is 1.01. The van der Waals surface area contributed by atoms with E-state index in [0.29, 0.717) is 0 Å². The fourth-order valence-electron chi connectivity index (χ4n) is 3.66. The van der Waals surface area contributed by atoms with E-state index in [9.17, 15) is 0 Å². The van der Waals surface area contributed by atoms with E-state index < -0.39 is 0 Å². The highest BCUT2D eigenvalue weighted by Crippen LogP contribution is 2.30. The van der Waals surface area contributed by atoms with Gasteiger partial charge in [0, 0.05) is 34.1 Å². The SMILES string of the molecule is c1ccc(Nc2ccc(Nc3ccccc3Nc3ccc(Nc4ccccc4)cc3)cc2)cc1. The number of hydrogen-bond acceptors (Lipinski definition) is 4. The van der Waals surface area contributed by atoms with Gasteiger partial charge in [-0.05, 0) is 84.9 Å². The molecule has 0 aliphatic carbocycles. The summed E-state index contributed by atoms with van der Waals surface area (Å²) in [6.07, 6.45) is 0. The average Bonchev–Trinajstić information content (AvgIpc) is 2.89. The molecule has 0 aromatic heterocycles. The summed E-state index contributed by atoms with van der Waals surface area (Å²) < 4.78 is 0. The van der Waals surface area contributed by atoms with Crippen molar-refractivity contribution in [3.63, 3.8) is 0 Å². The third-order valence-electron chi connectivity index (χ3n) is 5.38. The highest BCUT2D eigenvalue weighted by Gasteiger charge is 2.04. The highest BCUT2D eigenvalue weighted by atomic mass is 15.0. The standard InChI is InChI=1S/C30H26N4/c1-3-9-23(10-4-1)31-25-15-19-27(20-16-25)33-29-13-7-8-14-30(29)34-28-21-17-26(18-22-28)32-24-11-5-2-6-12-24/h1-22,31-34H. The molecule has 4 N–H and O–H groups in total. The maximum Gasteiger partial charge on any atom is 0.0623 e. The molecule has 5 rings (SSSR count). The zero-order valence-corrected chi connectivity index (χ0v) is 18.7. The van der Waals surface area contributed by atoms with E-state index >= 15 is 0 Å². The third kappa shape index (κ3) is 5.56. The van der Waals surface area contributed by atoms with Crippen LogP contribution in [0.25, 0.3) is 0 Å². The Balaban J connectivity index is 1.25. The van der Waals surface area contributed by atoms with E-state index in [1.54, 1.807) is 0 Å². The number of para-hydroxylation sites is 4. The Bertz CT molecular complexity index is 1210. The molecular weight excluding hydrogens is 416 g/mol. The summed E-state index contributed by atoms with van der Waals surface area (Å²) in [6.45, 7) is 0. The molecule has 0 aliphatic heterocycles. The maximum absolute atomic E-state index is 3.53. The molecule has 5 aromatic carbocycles. The van der Waals surface area contributed by atoms with Crippen molar-refractivity contribution in [2.45, 2.75) is 0 Å². The Hall–Kier alpha value is -4.70. The second-order valence-corrected chi connectivity index (χ2v) is 7.93. The fourth-order valence-corrected chi connectivity index (χ4v) is 3.66. The van der Waals surface area contributed by atoms with Gasteiger partial charge in [-0.2, -0.15) is 0 Å². The van der Waals surface area contributed by atoms with Crippen LogP contribution in [0, 0.1) is 0 Å². The Morgan fingerprint density at radius 2 is 0.500 bits per heavy atom. The summed E-state index contributed by atoms with van der Waals surface area (Å²) >= 11 is 0. The van der Waals surface area contributed by atoms with Crippen molar-refractivity contribution in [3.05, 3.63) is 133 Å². The summed E-state index contributed by atoms with van der Waals surface area (Å²) in [4.78, 5) is 0. The van der Waals surface area contributed by atoms with Gasteiger partial charge in [0.05, 0.1) is 11.4 Å². The highest BCUT2D eigenvalue weighted by molar-refractivity contribution is 5.79. The van der Waals surface area contributed by atoms with Crippen molar-refractivity contribution >= 4 is 45.5 Å². The molecule has 5 aromatic rings. The molecule has 0 amide bonds. The van der Waals surface area contributed by atoms with Gasteiger partial charge in [0.1, 0.15) is 0 Å². The van der Waals surface area contributed by atoms with Crippen molar-refractivity contribution < 1.29 is 0 Å². The van der Waals surface area contributed by atoms with Gasteiger partial charge in [0.25, 0.3) is 0 Å². The molecule has 0 fully saturated rings. The van der Waals surface area contributed by atoms with Crippen molar-refractivity contribution in [2.75, 3.05) is 21.3 Å². The number of anilines is 8. The topological polar surface area (TPSA) is 48.1 Å². The lowest BCUT2D eigenvalue weighted by atomic mass is 10.2. The van der Waals surface area contributed by atoms with Gasteiger partial charge < -0.3 is 21.3 Å². The van der Waals surface area contributed by atoms with Crippen LogP contribution in [-0.2, 0) is 0 Å². The lowest BCUT2D eigenvalue weighted by molar-refractivity contribution is 1.48. The average molecular weight is 443 g/mol. The number of nitrogens with one attached hydrogen (secondary N) is 4. The summed E-state index contributed by atoms with van der Waals surface area (Å²) in [5, 5.41) is 13.9. The molecule has 0 radical (unpaired) electrons. The van der Waals surface area contributed by atoms with E-state index in [2.05, 4.69) is 106 Å². The van der Waals surface area contributed by atoms with Crippen LogP contribution in [0.3, 0.4) is 0 Å². The van der Waals surface area contributed by atoms with Crippen LogP contribution in [0.4, 0.5) is 45.5 Å². The van der Waals surface area contributed by atoms with Gasteiger partial charge in [-0.3, -0.25) is 0 Å². The normalized spacial score (nSPS) is 10.4. The van der Waals surface area contributed by atoms with E-state index in [4.69, 9.17) is 0 Å². The first kappa shape index (κ1) is 21.2. The fraction of sp³-hybridized carbons (Fsp3) is 0. The second kappa shape index (κ2) is 10.3. The molecular formula is C30H26N4. The summed E-state index contributed by atoms with van der Waals surface area (Å²) in [6, 6.07) is 45.1. The van der Waals surface area contributed by atoms with Gasteiger partial charge in [-0.1, -0.05) is 48.5 Å². The smallest absolute Gasteiger partial charge is 0.0623 e.